The lowest BCUT2D eigenvalue weighted by molar-refractivity contribution is 0.0491. The first-order chi connectivity index (χ1) is 11.6. The highest BCUT2D eigenvalue weighted by molar-refractivity contribution is 5.94. The van der Waals surface area contributed by atoms with Crippen LogP contribution in [-0.2, 0) is 11.3 Å². The SMILES string of the molecule is O=C(c1cccc(C(F)F)c1)N(Cc1ccco1)C[C@@H]1CCCO1. The van der Waals surface area contributed by atoms with Crippen LogP contribution in [0.4, 0.5) is 8.78 Å². The molecule has 4 nitrogen and oxygen atoms in total. The molecule has 0 saturated carbocycles. The molecule has 3 rings (SSSR count). The summed E-state index contributed by atoms with van der Waals surface area (Å²) in [5, 5.41) is 0. The maximum absolute atomic E-state index is 12.9. The van der Waals surface area contributed by atoms with Crippen molar-refractivity contribution < 1.29 is 22.7 Å². The minimum absolute atomic E-state index is 0.0257. The largest absolute Gasteiger partial charge is 0.467 e. The highest BCUT2D eigenvalue weighted by Crippen LogP contribution is 2.22. The molecule has 1 aromatic carbocycles. The summed E-state index contributed by atoms with van der Waals surface area (Å²) in [5.74, 6) is 0.343. The number of furan rings is 1. The molecule has 2 heterocycles. The number of rotatable bonds is 6. The van der Waals surface area contributed by atoms with Crippen LogP contribution in [0, 0.1) is 0 Å². The zero-order valence-corrected chi connectivity index (χ0v) is 13.2. The zero-order valence-electron chi connectivity index (χ0n) is 13.2. The van der Waals surface area contributed by atoms with Gasteiger partial charge >= 0.3 is 0 Å². The summed E-state index contributed by atoms with van der Waals surface area (Å²) < 4.78 is 36.7. The molecule has 0 unspecified atom stereocenters. The first kappa shape index (κ1) is 16.6. The lowest BCUT2D eigenvalue weighted by atomic mass is 10.1. The Hall–Kier alpha value is -2.21. The van der Waals surface area contributed by atoms with Crippen molar-refractivity contribution in [3.8, 4) is 0 Å². The number of halogens is 2. The van der Waals surface area contributed by atoms with Crippen LogP contribution in [0.5, 0.6) is 0 Å². The Morgan fingerprint density at radius 2 is 2.17 bits per heavy atom. The Kier molecular flexibility index (Phi) is 5.25. The molecule has 1 amide bonds. The number of hydrogen-bond acceptors (Lipinski definition) is 3. The molecule has 0 bridgehead atoms. The van der Waals surface area contributed by atoms with Crippen molar-refractivity contribution in [2.45, 2.75) is 31.9 Å². The second-order valence-corrected chi connectivity index (χ2v) is 5.83. The fourth-order valence-electron chi connectivity index (χ4n) is 2.83. The summed E-state index contributed by atoms with van der Waals surface area (Å²) in [6.07, 6.45) is 0.770. The van der Waals surface area contributed by atoms with Gasteiger partial charge in [-0.05, 0) is 37.1 Å². The molecule has 0 N–H and O–H groups in total. The van der Waals surface area contributed by atoms with Crippen molar-refractivity contribution in [1.82, 2.24) is 4.90 Å². The maximum atomic E-state index is 12.9. The van der Waals surface area contributed by atoms with E-state index in [2.05, 4.69) is 0 Å². The smallest absolute Gasteiger partial charge is 0.263 e. The summed E-state index contributed by atoms with van der Waals surface area (Å²) in [4.78, 5) is 14.4. The molecule has 128 valence electrons. The molecule has 2 aromatic rings. The molecule has 6 heteroatoms. The lowest BCUT2D eigenvalue weighted by Crippen LogP contribution is -2.36. The third-order valence-corrected chi connectivity index (χ3v) is 4.05. The van der Waals surface area contributed by atoms with E-state index in [0.717, 1.165) is 12.8 Å². The van der Waals surface area contributed by atoms with Crippen LogP contribution in [0.1, 0.15) is 40.9 Å². The van der Waals surface area contributed by atoms with E-state index in [1.54, 1.807) is 29.4 Å². The predicted octanol–water partition coefficient (Wildman–Crippen LogP) is 4.04. The lowest BCUT2D eigenvalue weighted by Gasteiger charge is -2.25. The first-order valence-corrected chi connectivity index (χ1v) is 7.95. The number of ether oxygens (including phenoxy) is 1. The van der Waals surface area contributed by atoms with E-state index in [-0.39, 0.29) is 29.7 Å². The van der Waals surface area contributed by atoms with E-state index in [4.69, 9.17) is 9.15 Å². The number of carbonyl (C=O) groups excluding carboxylic acids is 1. The first-order valence-electron chi connectivity index (χ1n) is 7.95. The van der Waals surface area contributed by atoms with Crippen LogP contribution >= 0.6 is 0 Å². The van der Waals surface area contributed by atoms with E-state index < -0.39 is 6.43 Å². The summed E-state index contributed by atoms with van der Waals surface area (Å²) in [7, 11) is 0. The molecular formula is C18H19F2NO3. The minimum Gasteiger partial charge on any atom is -0.467 e. The number of alkyl halides is 2. The quantitative estimate of drug-likeness (QED) is 0.800. The monoisotopic (exact) mass is 335 g/mol. The molecule has 1 aromatic heterocycles. The van der Waals surface area contributed by atoms with Gasteiger partial charge in [-0.3, -0.25) is 4.79 Å². The third kappa shape index (κ3) is 4.00. The second kappa shape index (κ2) is 7.57. The summed E-state index contributed by atoms with van der Waals surface area (Å²) >= 11 is 0. The topological polar surface area (TPSA) is 42.7 Å². The number of nitrogens with zero attached hydrogens (tertiary/aromatic N) is 1. The van der Waals surface area contributed by atoms with Gasteiger partial charge < -0.3 is 14.1 Å². The van der Waals surface area contributed by atoms with Crippen molar-refractivity contribution >= 4 is 5.91 Å². The van der Waals surface area contributed by atoms with Gasteiger partial charge in [-0.2, -0.15) is 0 Å². The van der Waals surface area contributed by atoms with Crippen molar-refractivity contribution in [2.24, 2.45) is 0 Å². The normalized spacial score (nSPS) is 17.4. The predicted molar refractivity (Wildman–Crippen MR) is 83.8 cm³/mol. The zero-order chi connectivity index (χ0) is 16.9. The number of benzene rings is 1. The van der Waals surface area contributed by atoms with Crippen molar-refractivity contribution in [1.29, 1.82) is 0 Å². The van der Waals surface area contributed by atoms with Gasteiger partial charge in [-0.15, -0.1) is 0 Å². The van der Waals surface area contributed by atoms with E-state index in [1.807, 2.05) is 0 Å². The third-order valence-electron chi connectivity index (χ3n) is 4.05. The summed E-state index contributed by atoms with van der Waals surface area (Å²) in [5.41, 5.74) is 0.0910. The molecular weight excluding hydrogens is 316 g/mol. The standard InChI is InChI=1S/C18H19F2NO3/c19-17(20)13-4-1-5-14(10-13)18(22)21(11-15-6-2-8-23-15)12-16-7-3-9-24-16/h1-2,4-6,8,10,16-17H,3,7,9,11-12H2/t16-/m0/s1. The van der Waals surface area contributed by atoms with Crippen LogP contribution in [0.25, 0.3) is 0 Å². The van der Waals surface area contributed by atoms with Crippen molar-refractivity contribution in [3.05, 3.63) is 59.5 Å². The number of amides is 1. The highest BCUT2D eigenvalue weighted by Gasteiger charge is 2.25. The average Bonchev–Trinajstić information content (AvgIpc) is 3.27. The van der Waals surface area contributed by atoms with Crippen molar-refractivity contribution in [3.63, 3.8) is 0 Å². The fourth-order valence-corrected chi connectivity index (χ4v) is 2.83. The minimum atomic E-state index is -2.60. The van der Waals surface area contributed by atoms with E-state index in [9.17, 15) is 13.6 Å². The summed E-state index contributed by atoms with van der Waals surface area (Å²) in [6, 6.07) is 9.13. The van der Waals surface area contributed by atoms with Crippen LogP contribution in [0.3, 0.4) is 0 Å². The molecule has 1 saturated heterocycles. The average molecular weight is 335 g/mol. The highest BCUT2D eigenvalue weighted by atomic mass is 19.3. The maximum Gasteiger partial charge on any atom is 0.263 e. The van der Waals surface area contributed by atoms with Crippen LogP contribution in [0.2, 0.25) is 0 Å². The van der Waals surface area contributed by atoms with Crippen molar-refractivity contribution in [2.75, 3.05) is 13.2 Å². The molecule has 1 atom stereocenters. The van der Waals surface area contributed by atoms with Gasteiger partial charge in [0.1, 0.15) is 5.76 Å². The van der Waals surface area contributed by atoms with E-state index in [0.29, 0.717) is 18.9 Å². The fraction of sp³-hybridized carbons (Fsp3) is 0.389. The number of hydrogen-bond donors (Lipinski definition) is 0. The Morgan fingerprint density at radius 3 is 2.83 bits per heavy atom. The Balaban J connectivity index is 1.80. The molecule has 1 aliphatic rings. The van der Waals surface area contributed by atoms with E-state index >= 15 is 0 Å². The Labute approximate surface area is 139 Å². The molecule has 1 fully saturated rings. The van der Waals surface area contributed by atoms with Crippen LogP contribution < -0.4 is 0 Å². The van der Waals surface area contributed by atoms with E-state index in [1.165, 1.54) is 18.2 Å². The summed E-state index contributed by atoms with van der Waals surface area (Å²) in [6.45, 7) is 1.39. The van der Waals surface area contributed by atoms with Gasteiger partial charge in [0.15, 0.2) is 0 Å². The van der Waals surface area contributed by atoms with Gasteiger partial charge in [0.05, 0.1) is 18.9 Å². The van der Waals surface area contributed by atoms with Gasteiger partial charge in [-0.25, -0.2) is 8.78 Å². The van der Waals surface area contributed by atoms with Crippen LogP contribution in [-0.4, -0.2) is 30.1 Å². The second-order valence-electron chi connectivity index (χ2n) is 5.83. The van der Waals surface area contributed by atoms with Gasteiger partial charge in [0, 0.05) is 24.3 Å². The molecule has 0 aliphatic carbocycles. The van der Waals surface area contributed by atoms with Crippen LogP contribution in [0.15, 0.2) is 47.1 Å². The van der Waals surface area contributed by atoms with Gasteiger partial charge in [-0.1, -0.05) is 12.1 Å². The number of carbonyl (C=O) groups is 1. The molecule has 0 spiro atoms. The van der Waals surface area contributed by atoms with Gasteiger partial charge in [0.2, 0.25) is 0 Å². The molecule has 0 radical (unpaired) electrons. The molecule has 24 heavy (non-hydrogen) atoms. The van der Waals surface area contributed by atoms with Gasteiger partial charge in [0.25, 0.3) is 12.3 Å². The Bertz CT molecular complexity index is 667. The molecule has 1 aliphatic heterocycles. The Morgan fingerprint density at radius 1 is 1.29 bits per heavy atom.